The lowest BCUT2D eigenvalue weighted by Gasteiger charge is -2.21. The minimum absolute atomic E-state index is 0.0935. The normalized spacial score (nSPS) is 11.6. The van der Waals surface area contributed by atoms with E-state index in [0.29, 0.717) is 0 Å². The molecule has 0 spiro atoms. The van der Waals surface area contributed by atoms with Crippen LogP contribution in [0.2, 0.25) is 0 Å². The van der Waals surface area contributed by atoms with Crippen LogP contribution in [0.5, 0.6) is 0 Å². The summed E-state index contributed by atoms with van der Waals surface area (Å²) in [6, 6.07) is 6.55. The molecule has 0 fully saturated rings. The maximum atomic E-state index is 13.3. The van der Waals surface area contributed by atoms with Crippen molar-refractivity contribution < 1.29 is 4.39 Å². The monoisotopic (exact) mass is 247 g/mol. The van der Waals surface area contributed by atoms with Crippen molar-refractivity contribution >= 4 is 5.82 Å². The molecule has 2 N–H and O–H groups in total. The lowest BCUT2D eigenvalue weighted by Crippen LogP contribution is -2.26. The van der Waals surface area contributed by atoms with Crippen molar-refractivity contribution in [2.75, 3.05) is 5.32 Å². The second-order valence-corrected chi connectivity index (χ2v) is 5.46. The van der Waals surface area contributed by atoms with Gasteiger partial charge in [-0.2, -0.15) is 5.10 Å². The SMILES string of the molecule is Cc1[nH]nc(NC(C)(C)C)c1-c1cccc(F)c1. The summed E-state index contributed by atoms with van der Waals surface area (Å²) in [7, 11) is 0. The Morgan fingerprint density at radius 3 is 2.61 bits per heavy atom. The van der Waals surface area contributed by atoms with Crippen LogP contribution in [-0.4, -0.2) is 15.7 Å². The molecule has 1 heterocycles. The fourth-order valence-electron chi connectivity index (χ4n) is 1.87. The molecule has 0 bridgehead atoms. The average molecular weight is 247 g/mol. The molecule has 96 valence electrons. The van der Waals surface area contributed by atoms with Crippen molar-refractivity contribution in [2.24, 2.45) is 0 Å². The minimum atomic E-state index is -0.241. The first-order valence-electron chi connectivity index (χ1n) is 5.96. The summed E-state index contributed by atoms with van der Waals surface area (Å²) in [5.41, 5.74) is 2.58. The molecule has 0 saturated carbocycles. The lowest BCUT2D eigenvalue weighted by molar-refractivity contribution is 0.628. The molecule has 4 heteroatoms. The molecule has 0 saturated heterocycles. The highest BCUT2D eigenvalue weighted by atomic mass is 19.1. The van der Waals surface area contributed by atoms with E-state index in [9.17, 15) is 4.39 Å². The second-order valence-electron chi connectivity index (χ2n) is 5.46. The molecule has 18 heavy (non-hydrogen) atoms. The summed E-state index contributed by atoms with van der Waals surface area (Å²) in [4.78, 5) is 0. The van der Waals surface area contributed by atoms with Crippen LogP contribution in [0.4, 0.5) is 10.2 Å². The van der Waals surface area contributed by atoms with Crippen LogP contribution < -0.4 is 5.32 Å². The highest BCUT2D eigenvalue weighted by Crippen LogP contribution is 2.31. The summed E-state index contributed by atoms with van der Waals surface area (Å²) < 4.78 is 13.3. The average Bonchev–Trinajstić information content (AvgIpc) is 2.57. The molecule has 0 aliphatic heterocycles. The summed E-state index contributed by atoms with van der Waals surface area (Å²) in [6.07, 6.45) is 0. The summed E-state index contributed by atoms with van der Waals surface area (Å²) in [5.74, 6) is 0.514. The second kappa shape index (κ2) is 4.44. The molecule has 0 unspecified atom stereocenters. The van der Waals surface area contributed by atoms with Crippen molar-refractivity contribution in [3.8, 4) is 11.1 Å². The number of rotatable bonds is 2. The fraction of sp³-hybridized carbons (Fsp3) is 0.357. The van der Waals surface area contributed by atoms with Gasteiger partial charge < -0.3 is 5.32 Å². The van der Waals surface area contributed by atoms with Gasteiger partial charge in [0, 0.05) is 16.8 Å². The molecule has 0 aliphatic carbocycles. The first kappa shape index (κ1) is 12.6. The number of aromatic nitrogens is 2. The number of benzene rings is 1. The van der Waals surface area contributed by atoms with E-state index in [1.165, 1.54) is 12.1 Å². The Morgan fingerprint density at radius 1 is 1.28 bits per heavy atom. The van der Waals surface area contributed by atoms with Crippen LogP contribution in [0, 0.1) is 12.7 Å². The Balaban J connectivity index is 2.47. The predicted molar refractivity (Wildman–Crippen MR) is 72.1 cm³/mol. The van der Waals surface area contributed by atoms with E-state index in [0.717, 1.165) is 22.6 Å². The van der Waals surface area contributed by atoms with Crippen LogP contribution >= 0.6 is 0 Å². The zero-order valence-corrected chi connectivity index (χ0v) is 11.1. The topological polar surface area (TPSA) is 40.7 Å². The zero-order chi connectivity index (χ0) is 13.3. The third-order valence-electron chi connectivity index (χ3n) is 2.55. The van der Waals surface area contributed by atoms with E-state index < -0.39 is 0 Å². The van der Waals surface area contributed by atoms with Crippen LogP contribution in [0.1, 0.15) is 26.5 Å². The van der Waals surface area contributed by atoms with Gasteiger partial charge in [0.05, 0.1) is 0 Å². The molecule has 2 rings (SSSR count). The first-order valence-corrected chi connectivity index (χ1v) is 5.96. The van der Waals surface area contributed by atoms with Gasteiger partial charge in [-0.3, -0.25) is 5.10 Å². The fourth-order valence-corrected chi connectivity index (χ4v) is 1.87. The van der Waals surface area contributed by atoms with E-state index in [4.69, 9.17) is 0 Å². The van der Waals surface area contributed by atoms with E-state index in [-0.39, 0.29) is 11.4 Å². The van der Waals surface area contributed by atoms with Crippen molar-refractivity contribution in [1.82, 2.24) is 10.2 Å². The lowest BCUT2D eigenvalue weighted by atomic mass is 10.0. The van der Waals surface area contributed by atoms with Crippen molar-refractivity contribution in [1.29, 1.82) is 0 Å². The van der Waals surface area contributed by atoms with Crippen molar-refractivity contribution in [3.63, 3.8) is 0 Å². The smallest absolute Gasteiger partial charge is 0.156 e. The number of nitrogens with one attached hydrogen (secondary N) is 2. The Bertz CT molecular complexity index is 552. The number of anilines is 1. The van der Waals surface area contributed by atoms with Gasteiger partial charge in [0.1, 0.15) is 5.82 Å². The molecule has 3 nitrogen and oxygen atoms in total. The quantitative estimate of drug-likeness (QED) is 0.848. The summed E-state index contributed by atoms with van der Waals surface area (Å²) >= 11 is 0. The highest BCUT2D eigenvalue weighted by Gasteiger charge is 2.17. The summed E-state index contributed by atoms with van der Waals surface area (Å²) in [5, 5.41) is 10.5. The molecule has 0 aliphatic rings. The van der Waals surface area contributed by atoms with E-state index in [1.807, 2.05) is 13.0 Å². The molecular formula is C14H18FN3. The van der Waals surface area contributed by atoms with Crippen molar-refractivity contribution in [2.45, 2.75) is 33.2 Å². The number of halogens is 1. The van der Waals surface area contributed by atoms with E-state index >= 15 is 0 Å². The van der Waals surface area contributed by atoms with Crippen LogP contribution in [0.25, 0.3) is 11.1 Å². The summed E-state index contributed by atoms with van der Waals surface area (Å²) in [6.45, 7) is 8.12. The number of nitrogens with zero attached hydrogens (tertiary/aromatic N) is 1. The Hall–Kier alpha value is -1.84. The van der Waals surface area contributed by atoms with Gasteiger partial charge in [0.15, 0.2) is 5.82 Å². The van der Waals surface area contributed by atoms with E-state index in [1.54, 1.807) is 6.07 Å². The molecule has 0 amide bonds. The van der Waals surface area contributed by atoms with Crippen LogP contribution in [0.3, 0.4) is 0 Å². The van der Waals surface area contributed by atoms with Gasteiger partial charge in [-0.15, -0.1) is 0 Å². The zero-order valence-electron chi connectivity index (χ0n) is 11.1. The standard InChI is InChI=1S/C14H18FN3/c1-9-12(10-6-5-7-11(15)8-10)13(18-17-9)16-14(2,3)4/h5-8H,1-4H3,(H2,16,17,18). The van der Waals surface area contributed by atoms with E-state index in [2.05, 4.69) is 36.3 Å². The maximum absolute atomic E-state index is 13.3. The molecule has 1 aromatic carbocycles. The largest absolute Gasteiger partial charge is 0.363 e. The van der Waals surface area contributed by atoms with Gasteiger partial charge in [-0.1, -0.05) is 12.1 Å². The number of hydrogen-bond acceptors (Lipinski definition) is 2. The predicted octanol–water partition coefficient (Wildman–Crippen LogP) is 3.73. The van der Waals surface area contributed by atoms with Gasteiger partial charge in [0.2, 0.25) is 0 Å². The van der Waals surface area contributed by atoms with Gasteiger partial charge in [0.25, 0.3) is 0 Å². The minimum Gasteiger partial charge on any atom is -0.363 e. The number of H-pyrrole nitrogens is 1. The number of hydrogen-bond donors (Lipinski definition) is 2. The Morgan fingerprint density at radius 2 is 2.00 bits per heavy atom. The van der Waals surface area contributed by atoms with Crippen LogP contribution in [-0.2, 0) is 0 Å². The molecule has 0 atom stereocenters. The Labute approximate surface area is 106 Å². The first-order chi connectivity index (χ1) is 8.37. The number of aryl methyl sites for hydroxylation is 1. The highest BCUT2D eigenvalue weighted by molar-refractivity contribution is 5.77. The Kier molecular flexibility index (Phi) is 3.11. The van der Waals surface area contributed by atoms with Gasteiger partial charge >= 0.3 is 0 Å². The van der Waals surface area contributed by atoms with Gasteiger partial charge in [-0.25, -0.2) is 4.39 Å². The third kappa shape index (κ3) is 2.70. The maximum Gasteiger partial charge on any atom is 0.156 e. The van der Waals surface area contributed by atoms with Crippen molar-refractivity contribution in [3.05, 3.63) is 35.8 Å². The molecule has 1 aromatic heterocycles. The third-order valence-corrected chi connectivity index (χ3v) is 2.55. The number of aromatic amines is 1. The van der Waals surface area contributed by atoms with Gasteiger partial charge in [-0.05, 0) is 45.4 Å². The molecule has 0 radical (unpaired) electrons. The molecular weight excluding hydrogens is 229 g/mol. The molecule has 2 aromatic rings. The van der Waals surface area contributed by atoms with Crippen LogP contribution in [0.15, 0.2) is 24.3 Å².